The number of hydrogen-bond donors (Lipinski definition) is 0. The fourth-order valence-electron chi connectivity index (χ4n) is 4.88. The minimum absolute atomic E-state index is 0.248. The maximum Gasteiger partial charge on any atom is 0.183 e. The van der Waals surface area contributed by atoms with Crippen molar-refractivity contribution >= 4 is 0 Å². The molecular formula is C32H48O3. The van der Waals surface area contributed by atoms with Crippen molar-refractivity contribution in [3.8, 4) is 16.9 Å². The third-order valence-electron chi connectivity index (χ3n) is 7.41. The van der Waals surface area contributed by atoms with Crippen LogP contribution in [-0.2, 0) is 9.47 Å². The van der Waals surface area contributed by atoms with Gasteiger partial charge in [0.2, 0.25) is 0 Å². The van der Waals surface area contributed by atoms with Gasteiger partial charge in [0, 0.05) is 11.5 Å². The van der Waals surface area contributed by atoms with Crippen molar-refractivity contribution in [1.29, 1.82) is 0 Å². The van der Waals surface area contributed by atoms with E-state index in [0.717, 1.165) is 30.9 Å². The van der Waals surface area contributed by atoms with E-state index >= 15 is 0 Å². The molecule has 3 nitrogen and oxygen atoms in total. The fraction of sp³-hybridized carbons (Fsp3) is 0.625. The summed E-state index contributed by atoms with van der Waals surface area (Å²) in [7, 11) is 0. The first kappa shape index (κ1) is 27.7. The highest BCUT2D eigenvalue weighted by Gasteiger charge is 2.27. The van der Waals surface area contributed by atoms with E-state index < -0.39 is 0 Å². The quantitative estimate of drug-likeness (QED) is 0.238. The Morgan fingerprint density at radius 2 is 1.26 bits per heavy atom. The Hall–Kier alpha value is -1.84. The van der Waals surface area contributed by atoms with Gasteiger partial charge in [0.25, 0.3) is 0 Å². The molecule has 1 aliphatic heterocycles. The molecule has 3 heteroatoms. The zero-order valence-electron chi connectivity index (χ0n) is 22.6. The van der Waals surface area contributed by atoms with Gasteiger partial charge in [-0.15, -0.1) is 0 Å². The lowest BCUT2D eigenvalue weighted by molar-refractivity contribution is -0.212. The summed E-state index contributed by atoms with van der Waals surface area (Å²) in [6, 6.07) is 17.1. The van der Waals surface area contributed by atoms with Crippen LogP contribution in [0.15, 0.2) is 48.5 Å². The first-order valence-electron chi connectivity index (χ1n) is 14.2. The Morgan fingerprint density at radius 3 is 1.83 bits per heavy atom. The van der Waals surface area contributed by atoms with Crippen LogP contribution in [0.5, 0.6) is 5.75 Å². The molecule has 3 rings (SSSR count). The van der Waals surface area contributed by atoms with E-state index in [2.05, 4.69) is 76.2 Å². The molecule has 1 saturated heterocycles. The summed E-state index contributed by atoms with van der Waals surface area (Å²) in [5, 5.41) is 0. The van der Waals surface area contributed by atoms with Gasteiger partial charge in [-0.2, -0.15) is 0 Å². The third-order valence-corrected chi connectivity index (χ3v) is 7.41. The van der Waals surface area contributed by atoms with Crippen LogP contribution in [0.2, 0.25) is 0 Å². The first-order valence-corrected chi connectivity index (χ1v) is 14.2. The topological polar surface area (TPSA) is 27.7 Å². The van der Waals surface area contributed by atoms with Crippen LogP contribution in [-0.4, -0.2) is 19.3 Å². The van der Waals surface area contributed by atoms with Gasteiger partial charge in [0.15, 0.2) is 6.29 Å². The van der Waals surface area contributed by atoms with Crippen LogP contribution in [0.4, 0.5) is 0 Å². The molecule has 1 heterocycles. The summed E-state index contributed by atoms with van der Waals surface area (Å²) >= 11 is 0. The highest BCUT2D eigenvalue weighted by atomic mass is 16.7. The molecule has 1 fully saturated rings. The van der Waals surface area contributed by atoms with Crippen LogP contribution in [0, 0.1) is 11.8 Å². The molecule has 0 spiro atoms. The molecule has 0 aromatic heterocycles. The van der Waals surface area contributed by atoms with Gasteiger partial charge in [-0.25, -0.2) is 0 Å². The SMILES string of the molecule is CCCCCCC(C)Oc1ccc(-c2ccc(C3OCC([C@@H](C)CCCCCC)CO3)cc2)cc1. The van der Waals surface area contributed by atoms with Crippen LogP contribution in [0.1, 0.15) is 104 Å². The van der Waals surface area contributed by atoms with Crippen molar-refractivity contribution in [3.05, 3.63) is 54.1 Å². The highest BCUT2D eigenvalue weighted by Crippen LogP contribution is 2.32. The van der Waals surface area contributed by atoms with Crippen molar-refractivity contribution in [2.24, 2.45) is 11.8 Å². The van der Waals surface area contributed by atoms with Crippen molar-refractivity contribution in [1.82, 2.24) is 0 Å². The minimum Gasteiger partial charge on any atom is -0.491 e. The summed E-state index contributed by atoms with van der Waals surface area (Å²) in [5.41, 5.74) is 3.49. The molecule has 1 unspecified atom stereocenters. The number of ether oxygens (including phenoxy) is 3. The molecule has 0 amide bonds. The van der Waals surface area contributed by atoms with E-state index in [4.69, 9.17) is 14.2 Å². The lowest BCUT2D eigenvalue weighted by Crippen LogP contribution is -2.31. The average molecular weight is 481 g/mol. The van der Waals surface area contributed by atoms with Crippen molar-refractivity contribution < 1.29 is 14.2 Å². The largest absolute Gasteiger partial charge is 0.491 e. The predicted molar refractivity (Wildman–Crippen MR) is 147 cm³/mol. The molecule has 0 aliphatic carbocycles. The third kappa shape index (κ3) is 9.28. The summed E-state index contributed by atoms with van der Waals surface area (Å²) in [4.78, 5) is 0. The van der Waals surface area contributed by atoms with Gasteiger partial charge in [0.05, 0.1) is 19.3 Å². The van der Waals surface area contributed by atoms with Crippen molar-refractivity contribution in [3.63, 3.8) is 0 Å². The molecule has 2 aromatic rings. The normalized spacial score (nSPS) is 19.9. The standard InChI is InChI=1S/C32H48O3/c1-5-7-9-11-13-25(3)30-23-33-32(34-24-30)29-17-15-27(16-18-29)28-19-21-31(22-20-28)35-26(4)14-12-10-8-6-2/h15-22,25-26,30,32H,5-14,23-24H2,1-4H3/t25-,26?,30?,32?/m0/s1. The van der Waals surface area contributed by atoms with E-state index in [-0.39, 0.29) is 12.4 Å². The van der Waals surface area contributed by atoms with Gasteiger partial charge < -0.3 is 14.2 Å². The summed E-state index contributed by atoms with van der Waals surface area (Å²) in [6.07, 6.45) is 12.8. The molecule has 2 aromatic carbocycles. The van der Waals surface area contributed by atoms with Crippen LogP contribution >= 0.6 is 0 Å². The van der Waals surface area contributed by atoms with Gasteiger partial charge in [-0.05, 0) is 48.9 Å². The van der Waals surface area contributed by atoms with Gasteiger partial charge >= 0.3 is 0 Å². The number of unbranched alkanes of at least 4 members (excludes halogenated alkanes) is 6. The maximum atomic E-state index is 6.13. The molecule has 1 aliphatic rings. The zero-order valence-corrected chi connectivity index (χ0v) is 22.6. The van der Waals surface area contributed by atoms with Crippen LogP contribution in [0.3, 0.4) is 0 Å². The van der Waals surface area contributed by atoms with Crippen molar-refractivity contribution in [2.45, 2.75) is 104 Å². The Bertz CT molecular complexity index is 806. The molecule has 194 valence electrons. The van der Waals surface area contributed by atoms with E-state index in [9.17, 15) is 0 Å². The molecule has 0 radical (unpaired) electrons. The van der Waals surface area contributed by atoms with Crippen LogP contribution < -0.4 is 4.74 Å². The molecule has 0 bridgehead atoms. The van der Waals surface area contributed by atoms with Crippen LogP contribution in [0.25, 0.3) is 11.1 Å². The Morgan fingerprint density at radius 1 is 0.714 bits per heavy atom. The fourth-order valence-corrected chi connectivity index (χ4v) is 4.88. The summed E-state index contributed by atoms with van der Waals surface area (Å²) < 4.78 is 18.4. The Kier molecular flexibility index (Phi) is 12.1. The second-order valence-electron chi connectivity index (χ2n) is 10.5. The summed E-state index contributed by atoms with van der Waals surface area (Å²) in [5.74, 6) is 2.12. The Balaban J connectivity index is 1.44. The van der Waals surface area contributed by atoms with Crippen molar-refractivity contribution in [2.75, 3.05) is 13.2 Å². The lowest BCUT2D eigenvalue weighted by Gasteiger charge is -2.33. The molecule has 0 N–H and O–H groups in total. The monoisotopic (exact) mass is 480 g/mol. The zero-order chi connectivity index (χ0) is 24.9. The maximum absolute atomic E-state index is 6.13. The van der Waals surface area contributed by atoms with Gasteiger partial charge in [-0.3, -0.25) is 0 Å². The van der Waals surface area contributed by atoms with E-state index in [1.54, 1.807) is 0 Å². The second-order valence-corrected chi connectivity index (χ2v) is 10.5. The lowest BCUT2D eigenvalue weighted by atomic mass is 9.89. The van der Waals surface area contributed by atoms with Gasteiger partial charge in [-0.1, -0.05) is 109 Å². The molecule has 0 saturated carbocycles. The van der Waals surface area contributed by atoms with E-state index in [1.807, 2.05) is 0 Å². The Labute approximate surface area is 214 Å². The van der Waals surface area contributed by atoms with E-state index in [1.165, 1.54) is 68.9 Å². The molecular weight excluding hydrogens is 432 g/mol. The minimum atomic E-state index is -0.248. The smallest absolute Gasteiger partial charge is 0.183 e. The summed E-state index contributed by atoms with van der Waals surface area (Å²) in [6.45, 7) is 10.6. The molecule has 35 heavy (non-hydrogen) atoms. The number of rotatable bonds is 15. The molecule has 2 atom stereocenters. The van der Waals surface area contributed by atoms with E-state index in [0.29, 0.717) is 11.8 Å². The number of benzene rings is 2. The second kappa shape index (κ2) is 15.3. The average Bonchev–Trinajstić information content (AvgIpc) is 2.90. The first-order chi connectivity index (χ1) is 17.1. The predicted octanol–water partition coefficient (Wildman–Crippen LogP) is 9.36. The van der Waals surface area contributed by atoms with Gasteiger partial charge in [0.1, 0.15) is 5.75 Å². The number of hydrogen-bond acceptors (Lipinski definition) is 3. The highest BCUT2D eigenvalue weighted by molar-refractivity contribution is 5.64.